The van der Waals surface area contributed by atoms with Gasteiger partial charge in [0.25, 0.3) is 0 Å². The highest BCUT2D eigenvalue weighted by atomic mass is 19.1. The van der Waals surface area contributed by atoms with Gasteiger partial charge in [0.15, 0.2) is 0 Å². The molecule has 1 N–H and O–H groups in total. The topological polar surface area (TPSA) is 15.3 Å². The zero-order valence-electron chi connectivity index (χ0n) is 13.3. The van der Waals surface area contributed by atoms with Crippen molar-refractivity contribution >= 4 is 0 Å². The Kier molecular flexibility index (Phi) is 4.55. The molecule has 0 aliphatic heterocycles. The maximum atomic E-state index is 14.2. The van der Waals surface area contributed by atoms with Crippen LogP contribution in [0.4, 0.5) is 4.39 Å². The molecule has 1 fully saturated rings. The minimum absolute atomic E-state index is 0.155. The molecule has 0 amide bonds. The molecular formula is C19H23FN2. The Balaban J connectivity index is 1.84. The summed E-state index contributed by atoms with van der Waals surface area (Å²) in [4.78, 5) is 2.12. The van der Waals surface area contributed by atoms with Crippen molar-refractivity contribution in [3.8, 4) is 11.1 Å². The van der Waals surface area contributed by atoms with Crippen molar-refractivity contribution in [1.82, 2.24) is 10.2 Å². The molecule has 2 aromatic rings. The minimum Gasteiger partial charge on any atom is -0.310 e. The summed E-state index contributed by atoms with van der Waals surface area (Å²) in [7, 11) is 4.08. The Morgan fingerprint density at radius 2 is 1.91 bits per heavy atom. The average molecular weight is 298 g/mol. The van der Waals surface area contributed by atoms with Gasteiger partial charge in [-0.3, -0.25) is 0 Å². The molecule has 0 aromatic heterocycles. The molecule has 0 heterocycles. The normalized spacial score (nSPS) is 14.5. The molecule has 22 heavy (non-hydrogen) atoms. The van der Waals surface area contributed by atoms with Crippen molar-refractivity contribution in [2.75, 3.05) is 14.1 Å². The van der Waals surface area contributed by atoms with Gasteiger partial charge in [-0.15, -0.1) is 0 Å². The van der Waals surface area contributed by atoms with Crippen molar-refractivity contribution in [3.63, 3.8) is 0 Å². The van der Waals surface area contributed by atoms with Crippen LogP contribution in [-0.4, -0.2) is 25.0 Å². The Labute approximate surface area is 132 Å². The first-order valence-electron chi connectivity index (χ1n) is 7.87. The largest absolute Gasteiger partial charge is 0.310 e. The van der Waals surface area contributed by atoms with Gasteiger partial charge in [-0.2, -0.15) is 0 Å². The van der Waals surface area contributed by atoms with E-state index in [2.05, 4.69) is 22.3 Å². The molecule has 0 bridgehead atoms. The standard InChI is InChI=1S/C19H23FN2/c1-22(2)13-15-4-3-5-16(10-15)18-11-14(6-9-19(18)20)12-21-17-7-8-17/h3-6,9-11,17,21H,7-8,12-13H2,1-2H3. The van der Waals surface area contributed by atoms with E-state index in [4.69, 9.17) is 0 Å². The third-order valence-electron chi connectivity index (χ3n) is 3.94. The van der Waals surface area contributed by atoms with E-state index in [1.54, 1.807) is 6.07 Å². The molecule has 3 heteroatoms. The summed E-state index contributed by atoms with van der Waals surface area (Å²) in [5.41, 5.74) is 3.98. The van der Waals surface area contributed by atoms with Crippen LogP contribution in [0.2, 0.25) is 0 Å². The zero-order chi connectivity index (χ0) is 15.5. The van der Waals surface area contributed by atoms with Crippen LogP contribution < -0.4 is 5.32 Å². The van der Waals surface area contributed by atoms with Crippen molar-refractivity contribution in [2.45, 2.75) is 32.0 Å². The third kappa shape index (κ3) is 3.93. The third-order valence-corrected chi connectivity index (χ3v) is 3.94. The predicted octanol–water partition coefficient (Wildman–Crippen LogP) is 3.81. The number of nitrogens with zero attached hydrogens (tertiary/aromatic N) is 1. The van der Waals surface area contributed by atoms with E-state index in [1.165, 1.54) is 18.4 Å². The number of hydrogen-bond donors (Lipinski definition) is 1. The van der Waals surface area contributed by atoms with Crippen LogP contribution in [0, 0.1) is 5.82 Å². The van der Waals surface area contributed by atoms with E-state index in [-0.39, 0.29) is 5.82 Å². The van der Waals surface area contributed by atoms with Gasteiger partial charge >= 0.3 is 0 Å². The predicted molar refractivity (Wildman–Crippen MR) is 89.1 cm³/mol. The quantitative estimate of drug-likeness (QED) is 0.872. The van der Waals surface area contributed by atoms with Gasteiger partial charge in [0.1, 0.15) is 5.82 Å². The highest BCUT2D eigenvalue weighted by Gasteiger charge is 2.20. The van der Waals surface area contributed by atoms with Crippen LogP contribution in [0.1, 0.15) is 24.0 Å². The molecule has 1 aliphatic rings. The highest BCUT2D eigenvalue weighted by molar-refractivity contribution is 5.65. The minimum atomic E-state index is -0.155. The van der Waals surface area contributed by atoms with Crippen LogP contribution in [0.25, 0.3) is 11.1 Å². The van der Waals surface area contributed by atoms with Crippen LogP contribution in [0.5, 0.6) is 0 Å². The summed E-state index contributed by atoms with van der Waals surface area (Å²) >= 11 is 0. The second-order valence-electron chi connectivity index (χ2n) is 6.41. The summed E-state index contributed by atoms with van der Waals surface area (Å²) < 4.78 is 14.2. The van der Waals surface area contributed by atoms with E-state index in [9.17, 15) is 4.39 Å². The lowest BCUT2D eigenvalue weighted by Gasteiger charge is -2.12. The van der Waals surface area contributed by atoms with Crippen molar-refractivity contribution < 1.29 is 4.39 Å². The molecule has 1 saturated carbocycles. The summed E-state index contributed by atoms with van der Waals surface area (Å²) in [6.07, 6.45) is 2.53. The fourth-order valence-electron chi connectivity index (χ4n) is 2.66. The van der Waals surface area contributed by atoms with Crippen LogP contribution >= 0.6 is 0 Å². The van der Waals surface area contributed by atoms with Crippen molar-refractivity contribution in [1.29, 1.82) is 0 Å². The molecule has 0 atom stereocenters. The van der Waals surface area contributed by atoms with Crippen LogP contribution in [0.3, 0.4) is 0 Å². The number of nitrogens with one attached hydrogen (secondary N) is 1. The van der Waals surface area contributed by atoms with E-state index in [1.807, 2.05) is 38.4 Å². The Morgan fingerprint density at radius 3 is 2.64 bits per heavy atom. The number of halogens is 1. The van der Waals surface area contributed by atoms with Gasteiger partial charge in [0.05, 0.1) is 0 Å². The van der Waals surface area contributed by atoms with E-state index >= 15 is 0 Å². The number of hydrogen-bond acceptors (Lipinski definition) is 2. The Hall–Kier alpha value is -1.71. The van der Waals surface area contributed by atoms with E-state index < -0.39 is 0 Å². The van der Waals surface area contributed by atoms with E-state index in [0.717, 1.165) is 24.2 Å². The molecule has 0 saturated heterocycles. The average Bonchev–Trinajstić information content (AvgIpc) is 3.30. The number of rotatable bonds is 6. The van der Waals surface area contributed by atoms with Gasteiger partial charge < -0.3 is 10.2 Å². The lowest BCUT2D eigenvalue weighted by Crippen LogP contribution is -2.15. The molecule has 3 rings (SSSR count). The molecular weight excluding hydrogens is 275 g/mol. The second kappa shape index (κ2) is 6.59. The molecule has 0 unspecified atom stereocenters. The van der Waals surface area contributed by atoms with Gasteiger partial charge in [-0.05, 0) is 61.8 Å². The molecule has 1 aliphatic carbocycles. The van der Waals surface area contributed by atoms with Crippen LogP contribution in [0.15, 0.2) is 42.5 Å². The van der Waals surface area contributed by atoms with Gasteiger partial charge in [0, 0.05) is 24.7 Å². The van der Waals surface area contributed by atoms with Crippen LogP contribution in [-0.2, 0) is 13.1 Å². The lowest BCUT2D eigenvalue weighted by molar-refractivity contribution is 0.402. The lowest BCUT2D eigenvalue weighted by atomic mass is 10.00. The van der Waals surface area contributed by atoms with Gasteiger partial charge in [-0.1, -0.05) is 24.3 Å². The Morgan fingerprint density at radius 1 is 1.09 bits per heavy atom. The maximum absolute atomic E-state index is 14.2. The van der Waals surface area contributed by atoms with Gasteiger partial charge in [0.2, 0.25) is 0 Å². The number of benzene rings is 2. The van der Waals surface area contributed by atoms with Crippen molar-refractivity contribution in [3.05, 3.63) is 59.4 Å². The molecule has 116 valence electrons. The zero-order valence-corrected chi connectivity index (χ0v) is 13.3. The maximum Gasteiger partial charge on any atom is 0.131 e. The fourth-order valence-corrected chi connectivity index (χ4v) is 2.66. The van der Waals surface area contributed by atoms with E-state index in [0.29, 0.717) is 11.6 Å². The summed E-state index contributed by atoms with van der Waals surface area (Å²) in [6, 6.07) is 14.2. The Bertz CT molecular complexity index is 648. The summed E-state index contributed by atoms with van der Waals surface area (Å²) in [5, 5.41) is 3.48. The molecule has 0 radical (unpaired) electrons. The molecule has 2 aromatic carbocycles. The first kappa shape index (κ1) is 15.2. The summed E-state index contributed by atoms with van der Waals surface area (Å²) in [6.45, 7) is 1.67. The highest BCUT2D eigenvalue weighted by Crippen LogP contribution is 2.26. The second-order valence-corrected chi connectivity index (χ2v) is 6.41. The first-order valence-corrected chi connectivity index (χ1v) is 7.87. The van der Waals surface area contributed by atoms with Gasteiger partial charge in [-0.25, -0.2) is 4.39 Å². The van der Waals surface area contributed by atoms with Crippen molar-refractivity contribution in [2.24, 2.45) is 0 Å². The summed E-state index contributed by atoms with van der Waals surface area (Å²) in [5.74, 6) is -0.155. The smallest absolute Gasteiger partial charge is 0.131 e. The monoisotopic (exact) mass is 298 g/mol. The first-order chi connectivity index (χ1) is 10.6. The SMILES string of the molecule is CN(C)Cc1cccc(-c2cc(CNC3CC3)ccc2F)c1. The molecule has 0 spiro atoms. The molecule has 2 nitrogen and oxygen atoms in total. The fraction of sp³-hybridized carbons (Fsp3) is 0.368.